The normalized spacial score (nSPS) is 29.4. The first-order chi connectivity index (χ1) is 7.91. The van der Waals surface area contributed by atoms with Gasteiger partial charge in [-0.05, 0) is 12.8 Å². The molecule has 0 aliphatic heterocycles. The zero-order valence-corrected chi connectivity index (χ0v) is 16.6. The summed E-state index contributed by atoms with van der Waals surface area (Å²) in [5.74, 6) is -3.19. The first-order valence-corrected chi connectivity index (χ1v) is 6.47. The minimum atomic E-state index is -4.66. The zero-order valence-electron chi connectivity index (χ0n) is 11.8. The summed E-state index contributed by atoms with van der Waals surface area (Å²) in [6.45, 7) is 2.30. The molecule has 0 radical (unpaired) electrons. The second-order valence-electron chi connectivity index (χ2n) is 4.99. The molecule has 1 rings (SSSR count). The number of carboxylic acid groups (broad SMARTS) is 2. The van der Waals surface area contributed by atoms with Gasteiger partial charge in [0.15, 0.2) is 0 Å². The summed E-state index contributed by atoms with van der Waals surface area (Å²) < 4.78 is 31.1. The quantitative estimate of drug-likeness (QED) is 0.403. The van der Waals surface area contributed by atoms with Gasteiger partial charge >= 0.3 is 59.1 Å². The molecule has 0 amide bonds. The molecular formula is C10H12Na2O7S. The molecule has 0 heterocycles. The molecule has 1 aliphatic carbocycles. The number of aliphatic carboxylic acids is 2. The fourth-order valence-corrected chi connectivity index (χ4v) is 3.07. The molecular weight excluding hydrogens is 310 g/mol. The van der Waals surface area contributed by atoms with Gasteiger partial charge in [0.2, 0.25) is 0 Å². The van der Waals surface area contributed by atoms with Crippen LogP contribution >= 0.6 is 0 Å². The van der Waals surface area contributed by atoms with E-state index in [1.54, 1.807) is 0 Å². The van der Waals surface area contributed by atoms with Gasteiger partial charge in [0.05, 0.1) is 10.9 Å². The minimum Gasteiger partial charge on any atom is -0.550 e. The van der Waals surface area contributed by atoms with Crippen molar-refractivity contribution in [2.45, 2.75) is 26.7 Å². The van der Waals surface area contributed by atoms with E-state index in [0.29, 0.717) is 0 Å². The Labute approximate surface area is 161 Å². The first-order valence-electron chi connectivity index (χ1n) is 5.03. The standard InChI is InChI=1S/C10H14O7S.2Na/c1-9(7(11)12)3-6(18(15,16)17)4-10(2,5-9)8(13)14;;/h3H,4-5H2,1-2H3,(H,11,12)(H,13,14)(H,15,16,17);;/q;2*+1/p-2. The average molecular weight is 322 g/mol. The van der Waals surface area contributed by atoms with Gasteiger partial charge in [0.25, 0.3) is 10.1 Å². The molecule has 0 fully saturated rings. The molecule has 0 saturated heterocycles. The fourth-order valence-electron chi connectivity index (χ4n) is 2.16. The van der Waals surface area contributed by atoms with Crippen molar-refractivity contribution in [3.63, 3.8) is 0 Å². The Hall–Kier alpha value is 0.590. The van der Waals surface area contributed by atoms with Gasteiger partial charge in [0.1, 0.15) is 0 Å². The summed E-state index contributed by atoms with van der Waals surface area (Å²) in [5.41, 5.74) is -3.49. The molecule has 0 aromatic rings. The summed E-state index contributed by atoms with van der Waals surface area (Å²) >= 11 is 0. The van der Waals surface area contributed by atoms with Crippen molar-refractivity contribution in [2.75, 3.05) is 0 Å². The summed E-state index contributed by atoms with van der Waals surface area (Å²) in [5, 5.41) is 22.0. The number of hydrogen-bond donors (Lipinski definition) is 1. The summed E-state index contributed by atoms with van der Waals surface area (Å²) in [6, 6.07) is 0. The molecule has 0 saturated carbocycles. The molecule has 0 bridgehead atoms. The molecule has 0 aromatic carbocycles. The Morgan fingerprint density at radius 1 is 1.20 bits per heavy atom. The molecule has 102 valence electrons. The van der Waals surface area contributed by atoms with Crippen molar-refractivity contribution in [2.24, 2.45) is 10.8 Å². The van der Waals surface area contributed by atoms with E-state index in [-0.39, 0.29) is 65.5 Å². The van der Waals surface area contributed by atoms with E-state index in [1.165, 1.54) is 6.92 Å². The predicted molar refractivity (Wildman–Crippen MR) is 55.1 cm³/mol. The van der Waals surface area contributed by atoms with E-state index in [2.05, 4.69) is 0 Å². The van der Waals surface area contributed by atoms with Gasteiger partial charge < -0.3 is 19.8 Å². The van der Waals surface area contributed by atoms with Gasteiger partial charge in [-0.2, -0.15) is 8.42 Å². The molecule has 1 aliphatic rings. The summed E-state index contributed by atoms with van der Waals surface area (Å²) in [6.07, 6.45) is -0.0664. The van der Waals surface area contributed by atoms with Crippen molar-refractivity contribution in [3.8, 4) is 0 Å². The third kappa shape index (κ3) is 4.81. The maximum Gasteiger partial charge on any atom is 1.00 e. The SMILES string of the molecule is CC1(C(=O)[O-])C=C(S(=O)(=O)O)CC(C)(C(=O)[O-])C1.[Na+].[Na+]. The topological polar surface area (TPSA) is 135 Å². The Balaban J connectivity index is 0. The van der Waals surface area contributed by atoms with Crippen molar-refractivity contribution >= 4 is 22.1 Å². The number of rotatable bonds is 3. The molecule has 20 heavy (non-hydrogen) atoms. The maximum absolute atomic E-state index is 11.1. The maximum atomic E-state index is 11.1. The fraction of sp³-hybridized carbons (Fsp3) is 0.600. The molecule has 2 unspecified atom stereocenters. The van der Waals surface area contributed by atoms with Gasteiger partial charge in [-0.25, -0.2) is 0 Å². The van der Waals surface area contributed by atoms with Gasteiger partial charge in [0, 0.05) is 16.8 Å². The van der Waals surface area contributed by atoms with Crippen LogP contribution in [0.15, 0.2) is 11.0 Å². The zero-order chi connectivity index (χ0) is 14.4. The Morgan fingerprint density at radius 2 is 1.65 bits per heavy atom. The van der Waals surface area contributed by atoms with Crippen LogP contribution in [0.5, 0.6) is 0 Å². The van der Waals surface area contributed by atoms with Crippen molar-refractivity contribution in [3.05, 3.63) is 11.0 Å². The van der Waals surface area contributed by atoms with Crippen LogP contribution in [-0.2, 0) is 19.7 Å². The van der Waals surface area contributed by atoms with E-state index >= 15 is 0 Å². The Bertz CT molecular complexity index is 542. The average Bonchev–Trinajstić information content (AvgIpc) is 2.14. The van der Waals surface area contributed by atoms with Crippen molar-refractivity contribution in [1.29, 1.82) is 0 Å². The van der Waals surface area contributed by atoms with E-state index in [9.17, 15) is 28.2 Å². The molecule has 1 N–H and O–H groups in total. The Morgan fingerprint density at radius 3 is 1.95 bits per heavy atom. The molecule has 10 heteroatoms. The van der Waals surface area contributed by atoms with Crippen LogP contribution in [0.4, 0.5) is 0 Å². The van der Waals surface area contributed by atoms with Crippen LogP contribution in [0.2, 0.25) is 0 Å². The number of carbonyl (C=O) groups is 2. The Kier molecular flexibility index (Phi) is 8.27. The van der Waals surface area contributed by atoms with Crippen LogP contribution in [-0.4, -0.2) is 24.9 Å². The predicted octanol–water partition coefficient (Wildman–Crippen LogP) is -7.93. The van der Waals surface area contributed by atoms with E-state index < -0.39 is 44.2 Å². The number of carboxylic acids is 2. The van der Waals surface area contributed by atoms with Crippen LogP contribution in [0.3, 0.4) is 0 Å². The minimum absolute atomic E-state index is 0. The van der Waals surface area contributed by atoms with Crippen LogP contribution < -0.4 is 69.3 Å². The largest absolute Gasteiger partial charge is 1.00 e. The van der Waals surface area contributed by atoms with Crippen LogP contribution in [0, 0.1) is 10.8 Å². The van der Waals surface area contributed by atoms with E-state index in [0.717, 1.165) is 13.0 Å². The van der Waals surface area contributed by atoms with Gasteiger partial charge in [-0.15, -0.1) is 0 Å². The van der Waals surface area contributed by atoms with Crippen LogP contribution in [0.25, 0.3) is 0 Å². The van der Waals surface area contributed by atoms with Crippen molar-refractivity contribution < 1.29 is 91.9 Å². The van der Waals surface area contributed by atoms with Crippen LogP contribution in [0.1, 0.15) is 26.7 Å². The second kappa shape index (κ2) is 7.23. The van der Waals surface area contributed by atoms with E-state index in [4.69, 9.17) is 4.55 Å². The number of carbonyl (C=O) groups excluding carboxylic acids is 2. The van der Waals surface area contributed by atoms with Gasteiger partial charge in [-0.1, -0.05) is 19.9 Å². The molecule has 7 nitrogen and oxygen atoms in total. The smallest absolute Gasteiger partial charge is 0.550 e. The second-order valence-corrected chi connectivity index (χ2v) is 6.47. The van der Waals surface area contributed by atoms with E-state index in [1.807, 2.05) is 0 Å². The number of hydrogen-bond acceptors (Lipinski definition) is 6. The summed E-state index contributed by atoms with van der Waals surface area (Å²) in [4.78, 5) is 21.4. The molecule has 0 spiro atoms. The van der Waals surface area contributed by atoms with Crippen molar-refractivity contribution in [1.82, 2.24) is 0 Å². The third-order valence-corrected chi connectivity index (χ3v) is 4.02. The molecule has 0 aromatic heterocycles. The molecule has 2 atom stereocenters. The summed E-state index contributed by atoms with van der Waals surface area (Å²) in [7, 11) is -4.66. The number of allylic oxidation sites excluding steroid dienone is 1. The first kappa shape index (κ1) is 22.9. The van der Waals surface area contributed by atoms with Gasteiger partial charge in [-0.3, -0.25) is 4.55 Å². The monoisotopic (exact) mass is 322 g/mol. The third-order valence-electron chi connectivity index (χ3n) is 3.09.